The van der Waals surface area contributed by atoms with E-state index >= 15 is 0 Å². The molecule has 0 amide bonds. The van der Waals surface area contributed by atoms with E-state index in [1.165, 1.54) is 0 Å². The smallest absolute Gasteiger partial charge is 0.133 e. The van der Waals surface area contributed by atoms with Gasteiger partial charge in [-0.25, -0.2) is 4.98 Å². The maximum atomic E-state index is 9.47. The fourth-order valence-electron chi connectivity index (χ4n) is 2.60. The highest BCUT2D eigenvalue weighted by Crippen LogP contribution is 2.19. The van der Waals surface area contributed by atoms with E-state index in [2.05, 4.69) is 22.1 Å². The van der Waals surface area contributed by atoms with Crippen molar-refractivity contribution in [2.24, 2.45) is 0 Å². The van der Waals surface area contributed by atoms with Crippen LogP contribution in [0, 0.1) is 0 Å². The Morgan fingerprint density at radius 2 is 2.25 bits per heavy atom. The number of nitrogens with one attached hydrogen (secondary N) is 1. The Hall–Kier alpha value is -0.680. The third-order valence-corrected chi connectivity index (χ3v) is 4.23. The Morgan fingerprint density at radius 3 is 2.95 bits per heavy atom. The summed E-state index contributed by atoms with van der Waals surface area (Å²) in [6, 6.07) is 4.15. The zero-order valence-corrected chi connectivity index (χ0v) is 12.8. The van der Waals surface area contributed by atoms with Gasteiger partial charge in [0.25, 0.3) is 0 Å². The minimum Gasteiger partial charge on any atom is -0.393 e. The lowest BCUT2D eigenvalue weighted by atomic mass is 10.1. The van der Waals surface area contributed by atoms with Crippen LogP contribution >= 0.6 is 11.6 Å². The van der Waals surface area contributed by atoms with Crippen molar-refractivity contribution < 1.29 is 5.11 Å². The Balaban J connectivity index is 1.65. The lowest BCUT2D eigenvalue weighted by Gasteiger charge is -2.29. The normalized spacial score (nSPS) is 19.1. The van der Waals surface area contributed by atoms with E-state index in [0.29, 0.717) is 5.15 Å². The van der Waals surface area contributed by atoms with Crippen LogP contribution in [0.25, 0.3) is 0 Å². The topological polar surface area (TPSA) is 48.4 Å². The highest BCUT2D eigenvalue weighted by molar-refractivity contribution is 6.30. The van der Waals surface area contributed by atoms with Gasteiger partial charge in [-0.2, -0.15) is 0 Å². The van der Waals surface area contributed by atoms with Crippen molar-refractivity contribution in [3.63, 3.8) is 0 Å². The highest BCUT2D eigenvalue weighted by Gasteiger charge is 2.16. The van der Waals surface area contributed by atoms with Crippen LogP contribution in [0.4, 0.5) is 0 Å². The van der Waals surface area contributed by atoms with Crippen LogP contribution in [0.5, 0.6) is 0 Å². The standard InChI is InChI=1S/C15H24ClN3O/c1-12(14-4-2-7-18-15(14)16)17-8-3-9-19-10-5-13(20)6-11-19/h2,4,7,12-13,17,20H,3,5-6,8-11H2,1H3. The number of aliphatic hydroxyl groups is 1. The number of nitrogens with zero attached hydrogens (tertiary/aromatic N) is 2. The molecule has 5 heteroatoms. The monoisotopic (exact) mass is 297 g/mol. The fraction of sp³-hybridized carbons (Fsp3) is 0.667. The minimum atomic E-state index is -0.0860. The summed E-state index contributed by atoms with van der Waals surface area (Å²) in [6.45, 7) is 6.20. The Morgan fingerprint density at radius 1 is 1.50 bits per heavy atom. The van der Waals surface area contributed by atoms with Gasteiger partial charge in [0.1, 0.15) is 5.15 Å². The summed E-state index contributed by atoms with van der Waals surface area (Å²) in [4.78, 5) is 6.53. The van der Waals surface area contributed by atoms with Crippen LogP contribution in [-0.2, 0) is 0 Å². The van der Waals surface area contributed by atoms with E-state index in [9.17, 15) is 5.11 Å². The molecule has 1 aliphatic heterocycles. The second-order valence-electron chi connectivity index (χ2n) is 5.49. The first-order valence-corrected chi connectivity index (χ1v) is 7.79. The molecule has 1 fully saturated rings. The number of aromatic nitrogens is 1. The van der Waals surface area contributed by atoms with Crippen LogP contribution in [0.1, 0.15) is 37.8 Å². The van der Waals surface area contributed by atoms with Gasteiger partial charge in [-0.1, -0.05) is 17.7 Å². The fourth-order valence-corrected chi connectivity index (χ4v) is 2.88. The summed E-state index contributed by atoms with van der Waals surface area (Å²) < 4.78 is 0. The second-order valence-corrected chi connectivity index (χ2v) is 5.84. The average Bonchev–Trinajstić information content (AvgIpc) is 2.46. The molecule has 0 saturated carbocycles. The van der Waals surface area contributed by atoms with Gasteiger partial charge in [0.2, 0.25) is 0 Å². The first-order valence-electron chi connectivity index (χ1n) is 7.41. The van der Waals surface area contributed by atoms with Gasteiger partial charge in [-0.05, 0) is 45.3 Å². The number of hydrogen-bond acceptors (Lipinski definition) is 4. The van der Waals surface area contributed by atoms with E-state index in [-0.39, 0.29) is 12.1 Å². The van der Waals surface area contributed by atoms with Crippen molar-refractivity contribution in [3.05, 3.63) is 29.0 Å². The zero-order valence-electron chi connectivity index (χ0n) is 12.1. The van der Waals surface area contributed by atoms with Crippen LogP contribution in [0.2, 0.25) is 5.15 Å². The number of rotatable bonds is 6. The molecule has 1 atom stereocenters. The van der Waals surface area contributed by atoms with Gasteiger partial charge in [0.15, 0.2) is 0 Å². The molecule has 1 unspecified atom stereocenters. The van der Waals surface area contributed by atoms with Crippen LogP contribution in [-0.4, -0.2) is 47.3 Å². The molecule has 4 nitrogen and oxygen atoms in total. The maximum Gasteiger partial charge on any atom is 0.133 e. The summed E-state index contributed by atoms with van der Waals surface area (Å²) >= 11 is 6.08. The molecule has 0 aromatic carbocycles. The SMILES string of the molecule is CC(NCCCN1CCC(O)CC1)c1cccnc1Cl. The van der Waals surface area contributed by atoms with E-state index in [0.717, 1.165) is 51.0 Å². The summed E-state index contributed by atoms with van der Waals surface area (Å²) in [5, 5.41) is 13.5. The predicted molar refractivity (Wildman–Crippen MR) is 82.0 cm³/mol. The Labute approximate surface area is 126 Å². The van der Waals surface area contributed by atoms with Gasteiger partial charge in [0.05, 0.1) is 6.10 Å². The van der Waals surface area contributed by atoms with Gasteiger partial charge in [-0.3, -0.25) is 0 Å². The number of hydrogen-bond donors (Lipinski definition) is 2. The molecule has 2 N–H and O–H groups in total. The minimum absolute atomic E-state index is 0.0860. The molecule has 112 valence electrons. The van der Waals surface area contributed by atoms with Crippen molar-refractivity contribution in [3.8, 4) is 0 Å². The van der Waals surface area contributed by atoms with E-state index in [1.807, 2.05) is 12.1 Å². The Kier molecular flexibility index (Phi) is 6.23. The molecular weight excluding hydrogens is 274 g/mol. The van der Waals surface area contributed by atoms with Gasteiger partial charge < -0.3 is 15.3 Å². The van der Waals surface area contributed by atoms with Crippen LogP contribution in [0.3, 0.4) is 0 Å². The lowest BCUT2D eigenvalue weighted by molar-refractivity contribution is 0.0820. The highest BCUT2D eigenvalue weighted by atomic mass is 35.5. The molecule has 1 aromatic heterocycles. The molecule has 1 aromatic rings. The molecule has 1 saturated heterocycles. The van der Waals surface area contributed by atoms with Crippen molar-refractivity contribution in [1.29, 1.82) is 0 Å². The van der Waals surface area contributed by atoms with Crippen LogP contribution in [0.15, 0.2) is 18.3 Å². The van der Waals surface area contributed by atoms with E-state index < -0.39 is 0 Å². The molecule has 0 radical (unpaired) electrons. The number of likely N-dealkylation sites (tertiary alicyclic amines) is 1. The lowest BCUT2D eigenvalue weighted by Crippen LogP contribution is -2.37. The first-order chi connectivity index (χ1) is 9.66. The summed E-state index contributed by atoms with van der Waals surface area (Å²) in [5.74, 6) is 0. The molecule has 0 aliphatic carbocycles. The van der Waals surface area contributed by atoms with Crippen molar-refractivity contribution in [2.75, 3.05) is 26.2 Å². The predicted octanol–water partition coefficient (Wildman–Crippen LogP) is 2.23. The molecule has 2 rings (SSSR count). The first kappa shape index (κ1) is 15.7. The maximum absolute atomic E-state index is 9.47. The molecule has 0 spiro atoms. The number of halogens is 1. The largest absolute Gasteiger partial charge is 0.393 e. The van der Waals surface area contributed by atoms with E-state index in [1.54, 1.807) is 6.20 Å². The third-order valence-electron chi connectivity index (χ3n) is 3.91. The molecular formula is C15H24ClN3O. The number of piperidine rings is 1. The van der Waals surface area contributed by atoms with Crippen molar-refractivity contribution >= 4 is 11.6 Å². The van der Waals surface area contributed by atoms with Crippen molar-refractivity contribution in [1.82, 2.24) is 15.2 Å². The van der Waals surface area contributed by atoms with Crippen LogP contribution < -0.4 is 5.32 Å². The second kappa shape index (κ2) is 7.93. The molecule has 1 aliphatic rings. The molecule has 20 heavy (non-hydrogen) atoms. The van der Waals surface area contributed by atoms with Crippen molar-refractivity contribution in [2.45, 2.75) is 38.3 Å². The van der Waals surface area contributed by atoms with Gasteiger partial charge in [0, 0.05) is 30.9 Å². The van der Waals surface area contributed by atoms with E-state index in [4.69, 9.17) is 11.6 Å². The third kappa shape index (κ3) is 4.70. The summed E-state index contributed by atoms with van der Waals surface area (Å²) in [7, 11) is 0. The number of pyridine rings is 1. The average molecular weight is 298 g/mol. The van der Waals surface area contributed by atoms with Gasteiger partial charge >= 0.3 is 0 Å². The number of aliphatic hydroxyl groups excluding tert-OH is 1. The molecule has 0 bridgehead atoms. The zero-order chi connectivity index (χ0) is 14.4. The summed E-state index contributed by atoms with van der Waals surface area (Å²) in [6.07, 6.45) is 4.56. The molecule has 2 heterocycles. The summed E-state index contributed by atoms with van der Waals surface area (Å²) in [5.41, 5.74) is 1.05. The van der Waals surface area contributed by atoms with Gasteiger partial charge in [-0.15, -0.1) is 0 Å². The Bertz CT molecular complexity index is 408. The quantitative estimate of drug-likeness (QED) is 0.624.